The van der Waals surface area contributed by atoms with E-state index in [4.69, 9.17) is 9.47 Å². The molecule has 37 heavy (non-hydrogen) atoms. The van der Waals surface area contributed by atoms with Crippen LogP contribution in [0.3, 0.4) is 0 Å². The smallest absolute Gasteiger partial charge is 0.326 e. The van der Waals surface area contributed by atoms with Crippen molar-refractivity contribution >= 4 is 43.5 Å². The molecule has 1 atom stereocenters. The first-order valence-corrected chi connectivity index (χ1v) is 14.6. The Hall–Kier alpha value is -3.02. The van der Waals surface area contributed by atoms with Crippen molar-refractivity contribution in [2.75, 3.05) is 26.3 Å². The summed E-state index contributed by atoms with van der Waals surface area (Å²) in [5, 5.41) is 0. The summed E-state index contributed by atoms with van der Waals surface area (Å²) in [7, 11) is -3.62. The second-order valence-electron chi connectivity index (χ2n) is 8.89. The molecular formula is C26H31N3O6S2. The van der Waals surface area contributed by atoms with Crippen LogP contribution in [0.1, 0.15) is 44.0 Å². The third-order valence-electron chi connectivity index (χ3n) is 6.11. The maximum atomic E-state index is 13.1. The molecule has 3 aromatic rings. The van der Waals surface area contributed by atoms with Gasteiger partial charge in [-0.2, -0.15) is 9.30 Å². The van der Waals surface area contributed by atoms with Gasteiger partial charge in [0.05, 0.1) is 28.3 Å². The predicted molar refractivity (Wildman–Crippen MR) is 141 cm³/mol. The van der Waals surface area contributed by atoms with E-state index < -0.39 is 21.9 Å². The topological polar surface area (TPSA) is 107 Å². The van der Waals surface area contributed by atoms with Crippen molar-refractivity contribution < 1.29 is 27.5 Å². The van der Waals surface area contributed by atoms with Crippen molar-refractivity contribution in [1.29, 1.82) is 0 Å². The van der Waals surface area contributed by atoms with Gasteiger partial charge < -0.3 is 14.0 Å². The minimum atomic E-state index is -3.62. The molecule has 0 radical (unpaired) electrons. The van der Waals surface area contributed by atoms with E-state index in [0.717, 1.165) is 23.1 Å². The molecule has 0 saturated carbocycles. The second kappa shape index (κ2) is 11.6. The van der Waals surface area contributed by atoms with Crippen molar-refractivity contribution in [3.8, 4) is 5.75 Å². The molecule has 1 aromatic heterocycles. The van der Waals surface area contributed by atoms with Gasteiger partial charge in [-0.15, -0.1) is 0 Å². The molecule has 2 heterocycles. The summed E-state index contributed by atoms with van der Waals surface area (Å²) in [6.45, 7) is 7.32. The highest BCUT2D eigenvalue weighted by molar-refractivity contribution is 7.89. The first-order chi connectivity index (χ1) is 17.7. The number of piperidine rings is 1. The van der Waals surface area contributed by atoms with Gasteiger partial charge in [0.25, 0.3) is 5.91 Å². The monoisotopic (exact) mass is 545 g/mol. The molecule has 1 aliphatic rings. The number of hydrogen-bond donors (Lipinski definition) is 0. The highest BCUT2D eigenvalue weighted by atomic mass is 32.2. The zero-order chi connectivity index (χ0) is 26.6. The van der Waals surface area contributed by atoms with Crippen LogP contribution in [-0.4, -0.2) is 55.5 Å². The van der Waals surface area contributed by atoms with E-state index in [1.165, 1.54) is 39.9 Å². The van der Waals surface area contributed by atoms with Crippen LogP contribution in [0.15, 0.2) is 52.4 Å². The van der Waals surface area contributed by atoms with Gasteiger partial charge in [-0.3, -0.25) is 9.59 Å². The van der Waals surface area contributed by atoms with Crippen molar-refractivity contribution in [2.24, 2.45) is 10.9 Å². The number of rotatable bonds is 8. The van der Waals surface area contributed by atoms with E-state index in [9.17, 15) is 18.0 Å². The van der Waals surface area contributed by atoms with Crippen molar-refractivity contribution in [1.82, 2.24) is 8.87 Å². The highest BCUT2D eigenvalue weighted by Gasteiger charge is 2.28. The Bertz CT molecular complexity index is 1460. The number of hydrogen-bond acceptors (Lipinski definition) is 7. The van der Waals surface area contributed by atoms with Crippen LogP contribution in [0.2, 0.25) is 0 Å². The minimum Gasteiger partial charge on any atom is -0.494 e. The van der Waals surface area contributed by atoms with E-state index in [-0.39, 0.29) is 23.6 Å². The molecule has 1 amide bonds. The first-order valence-electron chi connectivity index (χ1n) is 12.3. The van der Waals surface area contributed by atoms with Gasteiger partial charge >= 0.3 is 5.97 Å². The maximum absolute atomic E-state index is 13.1. The van der Waals surface area contributed by atoms with Crippen LogP contribution in [0.25, 0.3) is 10.2 Å². The number of esters is 1. The summed E-state index contributed by atoms with van der Waals surface area (Å²) in [5.41, 5.74) is 0.978. The van der Waals surface area contributed by atoms with Gasteiger partial charge in [0.1, 0.15) is 12.3 Å². The van der Waals surface area contributed by atoms with Crippen LogP contribution in [-0.2, 0) is 26.1 Å². The fourth-order valence-electron chi connectivity index (χ4n) is 4.32. The average molecular weight is 546 g/mol. The molecule has 1 saturated heterocycles. The van der Waals surface area contributed by atoms with E-state index in [2.05, 4.69) is 4.99 Å². The molecule has 198 valence electrons. The molecule has 11 heteroatoms. The Labute approximate surface area is 220 Å². The number of amides is 1. The minimum absolute atomic E-state index is 0.0978. The van der Waals surface area contributed by atoms with Crippen LogP contribution in [0, 0.1) is 5.92 Å². The number of fused-ring (bicyclic) bond motifs is 1. The van der Waals surface area contributed by atoms with Gasteiger partial charge in [-0.1, -0.05) is 18.3 Å². The maximum Gasteiger partial charge on any atom is 0.326 e. The quantitative estimate of drug-likeness (QED) is 0.398. The molecule has 9 nitrogen and oxygen atoms in total. The molecular weight excluding hydrogens is 514 g/mol. The molecule has 1 fully saturated rings. The number of ether oxygens (including phenoxy) is 2. The standard InChI is InChI=1S/C26H31N3O6S2/c1-4-34-20-10-13-22-23(15-20)36-26(29(22)17-24(30)35-5-2)27-25(31)19-8-11-21(12-9-19)37(32,33)28-14-6-7-18(3)16-28/h8-13,15,18H,4-7,14,16-17H2,1-3H3. The molecule has 2 aromatic carbocycles. The summed E-state index contributed by atoms with van der Waals surface area (Å²) >= 11 is 1.26. The molecule has 0 aliphatic carbocycles. The SMILES string of the molecule is CCOC(=O)Cn1c(=NC(=O)c2ccc(S(=O)(=O)N3CCCC(C)C3)cc2)sc2cc(OCC)ccc21. The fraction of sp³-hybridized carbons (Fsp3) is 0.423. The Morgan fingerprint density at radius 3 is 2.54 bits per heavy atom. The number of nitrogens with zero attached hydrogens (tertiary/aromatic N) is 3. The first kappa shape index (κ1) is 27.0. The largest absolute Gasteiger partial charge is 0.494 e. The number of aromatic nitrogens is 1. The third kappa shape index (κ3) is 6.11. The number of benzene rings is 2. The van der Waals surface area contributed by atoms with Gasteiger partial charge in [0.15, 0.2) is 4.80 Å². The Morgan fingerprint density at radius 1 is 1.11 bits per heavy atom. The van der Waals surface area contributed by atoms with Crippen LogP contribution < -0.4 is 9.54 Å². The number of carbonyl (C=O) groups is 2. The summed E-state index contributed by atoms with van der Waals surface area (Å²) in [6, 6.07) is 11.3. The van der Waals surface area contributed by atoms with Gasteiger partial charge in [-0.25, -0.2) is 8.42 Å². The Morgan fingerprint density at radius 2 is 1.86 bits per heavy atom. The molecule has 0 bridgehead atoms. The van der Waals surface area contributed by atoms with Gasteiger partial charge in [0.2, 0.25) is 10.0 Å². The van der Waals surface area contributed by atoms with Crippen LogP contribution >= 0.6 is 11.3 Å². The summed E-state index contributed by atoms with van der Waals surface area (Å²) in [6.07, 6.45) is 1.85. The second-order valence-corrected chi connectivity index (χ2v) is 11.8. The lowest BCUT2D eigenvalue weighted by atomic mass is 10.0. The van der Waals surface area contributed by atoms with Crippen molar-refractivity contribution in [3.05, 3.63) is 52.8 Å². The third-order valence-corrected chi connectivity index (χ3v) is 9.03. The van der Waals surface area contributed by atoms with E-state index >= 15 is 0 Å². The lowest BCUT2D eigenvalue weighted by Gasteiger charge is -2.30. The molecule has 1 unspecified atom stereocenters. The lowest BCUT2D eigenvalue weighted by molar-refractivity contribution is -0.143. The number of thiazole rings is 1. The molecule has 0 N–H and O–H groups in total. The van der Waals surface area contributed by atoms with Crippen molar-refractivity contribution in [2.45, 2.75) is 45.1 Å². The average Bonchev–Trinajstić information content (AvgIpc) is 3.20. The fourth-order valence-corrected chi connectivity index (χ4v) is 6.97. The molecule has 0 spiro atoms. The Kier molecular flexibility index (Phi) is 8.46. The van der Waals surface area contributed by atoms with Gasteiger partial charge in [-0.05, 0) is 75.1 Å². The lowest BCUT2D eigenvalue weighted by Crippen LogP contribution is -2.39. The molecule has 1 aliphatic heterocycles. The van der Waals surface area contributed by atoms with Crippen LogP contribution in [0.4, 0.5) is 0 Å². The summed E-state index contributed by atoms with van der Waals surface area (Å²) in [4.78, 5) is 30.1. The molecule has 4 rings (SSSR count). The van der Waals surface area contributed by atoms with Crippen molar-refractivity contribution in [3.63, 3.8) is 0 Å². The van der Waals surface area contributed by atoms with E-state index in [0.29, 0.717) is 36.2 Å². The van der Waals surface area contributed by atoms with Gasteiger partial charge in [0, 0.05) is 18.7 Å². The zero-order valence-corrected chi connectivity index (χ0v) is 22.8. The predicted octanol–water partition coefficient (Wildman–Crippen LogP) is 3.83. The van der Waals surface area contributed by atoms with Crippen LogP contribution in [0.5, 0.6) is 5.75 Å². The summed E-state index contributed by atoms with van der Waals surface area (Å²) in [5.74, 6) is 0.0176. The highest BCUT2D eigenvalue weighted by Crippen LogP contribution is 2.25. The number of sulfonamides is 1. The number of carbonyl (C=O) groups excluding carboxylic acids is 2. The summed E-state index contributed by atoms with van der Waals surface area (Å²) < 4.78 is 40.7. The van der Waals surface area contributed by atoms with E-state index in [1.807, 2.05) is 26.0 Å². The Balaban J connectivity index is 1.66. The zero-order valence-electron chi connectivity index (χ0n) is 21.2. The normalized spacial score (nSPS) is 17.2. The van der Waals surface area contributed by atoms with E-state index in [1.54, 1.807) is 17.6 Å².